The van der Waals surface area contributed by atoms with Gasteiger partial charge in [0.1, 0.15) is 0 Å². The van der Waals surface area contributed by atoms with Gasteiger partial charge in [-0.05, 0) is 12.1 Å². The monoisotopic (exact) mass is 404 g/mol. The fraction of sp³-hybridized carbons (Fsp3) is 0. The third-order valence-corrected chi connectivity index (χ3v) is 5.44. The Kier molecular flexibility index (Phi) is 3.97. The van der Waals surface area contributed by atoms with Crippen molar-refractivity contribution in [1.29, 1.82) is 0 Å². The SMILES string of the molecule is Nc1c(-c2ccccc2)nc2nc3cc(Cl)c(Cl)cc3n2c1-c1ccccc1. The summed E-state index contributed by atoms with van der Waals surface area (Å²) in [6, 6.07) is 23.4. The van der Waals surface area contributed by atoms with Gasteiger partial charge in [-0.1, -0.05) is 83.9 Å². The maximum Gasteiger partial charge on any atom is 0.236 e. The smallest absolute Gasteiger partial charge is 0.236 e. The molecule has 2 N–H and O–H groups in total. The number of nitrogen functional groups attached to an aromatic ring is 1. The summed E-state index contributed by atoms with van der Waals surface area (Å²) < 4.78 is 1.94. The summed E-state index contributed by atoms with van der Waals surface area (Å²) in [4.78, 5) is 9.45. The van der Waals surface area contributed by atoms with Crippen molar-refractivity contribution in [2.45, 2.75) is 0 Å². The van der Waals surface area contributed by atoms with E-state index in [9.17, 15) is 0 Å². The van der Waals surface area contributed by atoms with Gasteiger partial charge in [0.15, 0.2) is 0 Å². The van der Waals surface area contributed by atoms with Crippen molar-refractivity contribution < 1.29 is 0 Å². The van der Waals surface area contributed by atoms with Gasteiger partial charge >= 0.3 is 0 Å². The first-order chi connectivity index (χ1) is 13.6. The minimum absolute atomic E-state index is 0.454. The van der Waals surface area contributed by atoms with Crippen molar-refractivity contribution in [3.63, 3.8) is 0 Å². The molecular formula is C22H14Cl2N4. The number of hydrogen-bond donors (Lipinski definition) is 1. The molecule has 0 saturated carbocycles. The van der Waals surface area contributed by atoms with Gasteiger partial charge in [0.05, 0.1) is 38.2 Å². The molecule has 5 aromatic rings. The Hall–Kier alpha value is -3.08. The topological polar surface area (TPSA) is 56.2 Å². The number of nitrogens with two attached hydrogens (primary N) is 1. The normalized spacial score (nSPS) is 11.4. The average Bonchev–Trinajstić information content (AvgIpc) is 3.06. The molecule has 0 spiro atoms. The molecular weight excluding hydrogens is 391 g/mol. The molecule has 0 atom stereocenters. The molecule has 0 radical (unpaired) electrons. The van der Waals surface area contributed by atoms with Crippen LogP contribution in [0.2, 0.25) is 10.0 Å². The highest BCUT2D eigenvalue weighted by Crippen LogP contribution is 2.37. The van der Waals surface area contributed by atoms with Crippen molar-refractivity contribution >= 4 is 45.7 Å². The van der Waals surface area contributed by atoms with Crippen LogP contribution >= 0.6 is 23.2 Å². The fourth-order valence-electron chi connectivity index (χ4n) is 3.44. The molecule has 2 aromatic heterocycles. The van der Waals surface area contributed by atoms with E-state index in [0.29, 0.717) is 32.7 Å². The number of fused-ring (bicyclic) bond motifs is 3. The standard InChI is InChI=1S/C22H14Cl2N4/c23-15-11-17-18(12-16(15)24)28-21(14-9-5-2-6-10-14)19(25)20(27-22(28)26-17)13-7-3-1-4-8-13/h1-12H,25H2. The first-order valence-electron chi connectivity index (χ1n) is 8.71. The number of anilines is 1. The first kappa shape index (κ1) is 17.0. The predicted molar refractivity (Wildman–Crippen MR) is 116 cm³/mol. The number of hydrogen-bond acceptors (Lipinski definition) is 3. The van der Waals surface area contributed by atoms with Crippen LogP contribution in [0.25, 0.3) is 39.3 Å². The molecule has 4 nitrogen and oxygen atoms in total. The average molecular weight is 405 g/mol. The molecule has 3 aromatic carbocycles. The lowest BCUT2D eigenvalue weighted by Crippen LogP contribution is -2.04. The lowest BCUT2D eigenvalue weighted by Gasteiger charge is -2.14. The van der Waals surface area contributed by atoms with Crippen LogP contribution in [0, 0.1) is 0 Å². The quantitative estimate of drug-likeness (QED) is 0.386. The molecule has 0 fully saturated rings. The van der Waals surface area contributed by atoms with Gasteiger partial charge in [-0.3, -0.25) is 4.40 Å². The van der Waals surface area contributed by atoms with E-state index in [1.165, 1.54) is 0 Å². The van der Waals surface area contributed by atoms with Crippen LogP contribution < -0.4 is 5.73 Å². The van der Waals surface area contributed by atoms with E-state index < -0.39 is 0 Å². The van der Waals surface area contributed by atoms with E-state index in [4.69, 9.17) is 33.9 Å². The predicted octanol–water partition coefficient (Wildman–Crippen LogP) is 6.11. The highest BCUT2D eigenvalue weighted by Gasteiger charge is 2.19. The highest BCUT2D eigenvalue weighted by molar-refractivity contribution is 6.42. The molecule has 0 aliphatic carbocycles. The summed E-state index contributed by atoms with van der Waals surface area (Å²) in [5.74, 6) is 0.542. The van der Waals surface area contributed by atoms with E-state index in [1.807, 2.05) is 65.1 Å². The van der Waals surface area contributed by atoms with Crippen LogP contribution in [0.1, 0.15) is 0 Å². The molecule has 0 aliphatic heterocycles. The lowest BCUT2D eigenvalue weighted by atomic mass is 10.0. The zero-order valence-corrected chi connectivity index (χ0v) is 16.1. The summed E-state index contributed by atoms with van der Waals surface area (Å²) in [7, 11) is 0. The van der Waals surface area contributed by atoms with E-state index in [2.05, 4.69) is 4.98 Å². The minimum Gasteiger partial charge on any atom is -0.395 e. The number of aromatic nitrogens is 3. The van der Waals surface area contributed by atoms with Gasteiger partial charge in [0, 0.05) is 11.1 Å². The number of nitrogens with zero attached hydrogens (tertiary/aromatic N) is 3. The second-order valence-electron chi connectivity index (χ2n) is 6.46. The third-order valence-electron chi connectivity index (χ3n) is 4.72. The molecule has 136 valence electrons. The molecule has 0 amide bonds. The van der Waals surface area contributed by atoms with Gasteiger partial charge in [0.25, 0.3) is 0 Å². The molecule has 28 heavy (non-hydrogen) atoms. The Morgan fingerprint density at radius 3 is 2.04 bits per heavy atom. The number of halogens is 2. The van der Waals surface area contributed by atoms with Gasteiger partial charge < -0.3 is 5.73 Å². The molecule has 5 rings (SSSR count). The van der Waals surface area contributed by atoms with E-state index in [0.717, 1.165) is 22.3 Å². The van der Waals surface area contributed by atoms with Crippen LogP contribution in [0.4, 0.5) is 5.69 Å². The summed E-state index contributed by atoms with van der Waals surface area (Å²) in [6.07, 6.45) is 0. The van der Waals surface area contributed by atoms with Crippen LogP contribution in [-0.2, 0) is 0 Å². The molecule has 0 aliphatic rings. The largest absolute Gasteiger partial charge is 0.395 e. The summed E-state index contributed by atoms with van der Waals surface area (Å²) in [5.41, 5.74) is 12.2. The Morgan fingerprint density at radius 1 is 0.750 bits per heavy atom. The lowest BCUT2D eigenvalue weighted by molar-refractivity contribution is 1.15. The highest BCUT2D eigenvalue weighted by atomic mass is 35.5. The van der Waals surface area contributed by atoms with Crippen molar-refractivity contribution in [2.75, 3.05) is 5.73 Å². The fourth-order valence-corrected chi connectivity index (χ4v) is 3.76. The molecule has 6 heteroatoms. The Balaban J connectivity index is 1.97. The second-order valence-corrected chi connectivity index (χ2v) is 7.27. The number of rotatable bonds is 2. The molecule has 0 bridgehead atoms. The third kappa shape index (κ3) is 2.61. The van der Waals surface area contributed by atoms with E-state index in [-0.39, 0.29) is 0 Å². The van der Waals surface area contributed by atoms with Crippen molar-refractivity contribution in [1.82, 2.24) is 14.4 Å². The van der Waals surface area contributed by atoms with Crippen molar-refractivity contribution in [3.05, 3.63) is 82.8 Å². The van der Waals surface area contributed by atoms with Gasteiger partial charge in [-0.15, -0.1) is 0 Å². The zero-order chi connectivity index (χ0) is 19.3. The number of benzene rings is 3. The summed E-state index contributed by atoms with van der Waals surface area (Å²) >= 11 is 12.5. The number of imidazole rings is 1. The van der Waals surface area contributed by atoms with Gasteiger partial charge in [0.2, 0.25) is 5.78 Å². The van der Waals surface area contributed by atoms with Crippen molar-refractivity contribution in [3.8, 4) is 22.5 Å². The second kappa shape index (κ2) is 6.51. The first-order valence-corrected chi connectivity index (χ1v) is 9.46. The Labute approximate surface area is 171 Å². The van der Waals surface area contributed by atoms with Gasteiger partial charge in [-0.25, -0.2) is 9.97 Å². The zero-order valence-electron chi connectivity index (χ0n) is 14.6. The summed E-state index contributed by atoms with van der Waals surface area (Å²) in [5, 5.41) is 0.913. The minimum atomic E-state index is 0.454. The van der Waals surface area contributed by atoms with Crippen LogP contribution in [0.3, 0.4) is 0 Å². The van der Waals surface area contributed by atoms with E-state index >= 15 is 0 Å². The van der Waals surface area contributed by atoms with Crippen molar-refractivity contribution in [2.24, 2.45) is 0 Å². The van der Waals surface area contributed by atoms with E-state index in [1.54, 1.807) is 12.1 Å². The van der Waals surface area contributed by atoms with Gasteiger partial charge in [-0.2, -0.15) is 0 Å². The molecule has 2 heterocycles. The molecule has 0 saturated heterocycles. The Morgan fingerprint density at radius 2 is 1.36 bits per heavy atom. The maximum atomic E-state index is 6.66. The molecule has 0 unspecified atom stereocenters. The Bertz CT molecular complexity index is 1330. The maximum absolute atomic E-state index is 6.66. The van der Waals surface area contributed by atoms with Crippen LogP contribution in [0.5, 0.6) is 0 Å². The van der Waals surface area contributed by atoms with Crippen LogP contribution in [-0.4, -0.2) is 14.4 Å². The van der Waals surface area contributed by atoms with Crippen LogP contribution in [0.15, 0.2) is 72.8 Å². The summed E-state index contributed by atoms with van der Waals surface area (Å²) in [6.45, 7) is 0.